The highest BCUT2D eigenvalue weighted by molar-refractivity contribution is 7.80. The van der Waals surface area contributed by atoms with Crippen molar-refractivity contribution in [3.63, 3.8) is 0 Å². The van der Waals surface area contributed by atoms with Crippen molar-refractivity contribution in [3.8, 4) is 11.1 Å². The van der Waals surface area contributed by atoms with Gasteiger partial charge in [0.25, 0.3) is 5.56 Å². The quantitative estimate of drug-likeness (QED) is 0.339. The molecule has 2 aromatic heterocycles. The van der Waals surface area contributed by atoms with Crippen LogP contribution in [0, 0.1) is 13.8 Å². The van der Waals surface area contributed by atoms with E-state index >= 15 is 0 Å². The number of anilines is 1. The maximum atomic E-state index is 13.1. The molecule has 0 aliphatic heterocycles. The first-order valence-corrected chi connectivity index (χ1v) is 10.7. The molecule has 0 saturated carbocycles. The maximum Gasteiger partial charge on any atom is 0.258 e. The summed E-state index contributed by atoms with van der Waals surface area (Å²) in [6.45, 7) is 3.87. The van der Waals surface area contributed by atoms with E-state index in [4.69, 9.17) is 12.2 Å². The van der Waals surface area contributed by atoms with Crippen LogP contribution in [-0.2, 0) is 7.05 Å². The van der Waals surface area contributed by atoms with Crippen molar-refractivity contribution in [2.24, 2.45) is 7.05 Å². The van der Waals surface area contributed by atoms with Crippen LogP contribution >= 0.6 is 12.2 Å². The van der Waals surface area contributed by atoms with E-state index in [1.165, 1.54) is 0 Å². The highest BCUT2D eigenvalue weighted by Crippen LogP contribution is 2.27. The normalized spacial score (nSPS) is 10.8. The van der Waals surface area contributed by atoms with Crippen LogP contribution in [0.2, 0.25) is 0 Å². The van der Waals surface area contributed by atoms with Crippen molar-refractivity contribution in [1.82, 2.24) is 9.55 Å². The number of carbonyl (C=O) groups is 1. The topological polar surface area (TPSA) is 64.0 Å². The van der Waals surface area contributed by atoms with Gasteiger partial charge in [-0.3, -0.25) is 14.6 Å². The molecule has 0 amide bonds. The Morgan fingerprint density at radius 2 is 1.78 bits per heavy atom. The summed E-state index contributed by atoms with van der Waals surface area (Å²) in [4.78, 5) is 30.4. The molecule has 2 heterocycles. The average molecular weight is 442 g/mol. The van der Waals surface area contributed by atoms with Crippen molar-refractivity contribution >= 4 is 39.6 Å². The molecule has 0 aliphatic rings. The molecule has 5 nitrogen and oxygen atoms in total. The second-order valence-corrected chi connectivity index (χ2v) is 8.34. The van der Waals surface area contributed by atoms with Gasteiger partial charge in [0.15, 0.2) is 5.78 Å². The van der Waals surface area contributed by atoms with Gasteiger partial charge in [-0.25, -0.2) is 0 Å². The van der Waals surface area contributed by atoms with E-state index in [1.54, 1.807) is 29.9 Å². The van der Waals surface area contributed by atoms with Gasteiger partial charge in [-0.1, -0.05) is 48.6 Å². The first kappa shape index (κ1) is 21.6. The number of benzene rings is 2. The molecule has 2 aromatic carbocycles. The zero-order valence-electron chi connectivity index (χ0n) is 18.2. The monoisotopic (exact) mass is 441 g/mol. The lowest BCUT2D eigenvalue weighted by Crippen LogP contribution is -2.19. The molecule has 160 valence electrons. The number of pyridine rings is 2. The van der Waals surface area contributed by atoms with Gasteiger partial charge in [-0.15, -0.1) is 0 Å². The molecule has 0 atom stereocenters. The first-order chi connectivity index (χ1) is 15.3. The molecule has 0 unspecified atom stereocenters. The van der Waals surface area contributed by atoms with Crippen molar-refractivity contribution in [3.05, 3.63) is 94.0 Å². The van der Waals surface area contributed by atoms with E-state index in [0.29, 0.717) is 16.1 Å². The largest absolute Gasteiger partial charge is 0.350 e. The molecule has 4 aromatic rings. The minimum absolute atomic E-state index is 0.0402. The number of nitrogens with one attached hydrogen (secondary N) is 1. The molecule has 0 radical (unpaired) electrons. The predicted octanol–water partition coefficient (Wildman–Crippen LogP) is 5.23. The Kier molecular flexibility index (Phi) is 5.97. The third kappa shape index (κ3) is 4.36. The summed E-state index contributed by atoms with van der Waals surface area (Å²) < 4.78 is 1.65. The van der Waals surface area contributed by atoms with Gasteiger partial charge in [0.1, 0.15) is 0 Å². The lowest BCUT2D eigenvalue weighted by Gasteiger charge is -2.14. The molecule has 0 aliphatic carbocycles. The Hall–Kier alpha value is -3.64. The van der Waals surface area contributed by atoms with Gasteiger partial charge < -0.3 is 9.88 Å². The fourth-order valence-electron chi connectivity index (χ4n) is 3.72. The van der Waals surface area contributed by atoms with Crippen LogP contribution < -0.4 is 10.9 Å². The van der Waals surface area contributed by atoms with Crippen LogP contribution in [0.15, 0.2) is 71.7 Å². The summed E-state index contributed by atoms with van der Waals surface area (Å²) in [5.41, 5.74) is 5.38. The molecule has 0 fully saturated rings. The van der Waals surface area contributed by atoms with E-state index in [1.807, 2.05) is 62.4 Å². The van der Waals surface area contributed by atoms with Gasteiger partial charge in [-0.2, -0.15) is 0 Å². The number of nitrogens with zero attached hydrogens (tertiary/aromatic N) is 2. The maximum absolute atomic E-state index is 13.1. The highest BCUT2D eigenvalue weighted by atomic mass is 32.1. The molecule has 4 rings (SSSR count). The molecular weight excluding hydrogens is 418 g/mol. The number of thiocarbonyl (C=S) groups is 1. The summed E-state index contributed by atoms with van der Waals surface area (Å²) >= 11 is 5.42. The molecule has 0 spiro atoms. The Labute approximate surface area is 191 Å². The standard InChI is InChI=1S/C26H23N3O2S/c1-16-9-10-20(28-25(32)14-24(30)18-7-5-4-6-8-18)13-21(16)22-12-19-15-27-17(2)11-23(19)29(3)26(22)31/h4-13,15H,14H2,1-3H3,(H,28,32). The number of ketones is 1. The van der Waals surface area contributed by atoms with E-state index in [9.17, 15) is 9.59 Å². The minimum atomic E-state index is -0.0785. The van der Waals surface area contributed by atoms with Crippen molar-refractivity contribution in [1.29, 1.82) is 0 Å². The Morgan fingerprint density at radius 1 is 1.03 bits per heavy atom. The number of aromatic nitrogens is 2. The van der Waals surface area contributed by atoms with Crippen molar-refractivity contribution in [2.75, 3.05) is 5.32 Å². The van der Waals surface area contributed by atoms with Gasteiger partial charge in [-0.05, 0) is 49.2 Å². The molecule has 6 heteroatoms. The lowest BCUT2D eigenvalue weighted by atomic mass is 9.99. The summed E-state index contributed by atoms with van der Waals surface area (Å²) in [5.74, 6) is -0.0402. The van der Waals surface area contributed by atoms with Crippen LogP contribution in [-0.4, -0.2) is 20.3 Å². The van der Waals surface area contributed by atoms with Gasteiger partial charge in [0, 0.05) is 41.1 Å². The van der Waals surface area contributed by atoms with Crippen molar-refractivity contribution in [2.45, 2.75) is 20.3 Å². The third-order valence-corrected chi connectivity index (χ3v) is 5.72. The zero-order chi connectivity index (χ0) is 22.8. The highest BCUT2D eigenvalue weighted by Gasteiger charge is 2.14. The number of fused-ring (bicyclic) bond motifs is 1. The lowest BCUT2D eigenvalue weighted by molar-refractivity contribution is 0.100. The fraction of sp³-hybridized carbons (Fsp3) is 0.154. The molecule has 32 heavy (non-hydrogen) atoms. The fourth-order valence-corrected chi connectivity index (χ4v) is 3.97. The number of hydrogen-bond donors (Lipinski definition) is 1. The van der Waals surface area contributed by atoms with Gasteiger partial charge in [0.2, 0.25) is 0 Å². The van der Waals surface area contributed by atoms with E-state index in [-0.39, 0.29) is 17.8 Å². The minimum Gasteiger partial charge on any atom is -0.350 e. The first-order valence-electron chi connectivity index (χ1n) is 10.3. The third-order valence-electron chi connectivity index (χ3n) is 5.47. The number of aryl methyl sites for hydroxylation is 3. The smallest absolute Gasteiger partial charge is 0.258 e. The Morgan fingerprint density at radius 3 is 2.53 bits per heavy atom. The number of rotatable bonds is 5. The zero-order valence-corrected chi connectivity index (χ0v) is 19.0. The van der Waals surface area contributed by atoms with Gasteiger partial charge in [0.05, 0.1) is 16.9 Å². The van der Waals surface area contributed by atoms with Crippen LogP contribution in [0.5, 0.6) is 0 Å². The Bertz CT molecular complexity index is 1410. The Balaban J connectivity index is 1.64. The van der Waals surface area contributed by atoms with Crippen LogP contribution in [0.4, 0.5) is 5.69 Å². The number of hydrogen-bond acceptors (Lipinski definition) is 4. The van der Waals surface area contributed by atoms with E-state index in [0.717, 1.165) is 33.4 Å². The van der Waals surface area contributed by atoms with E-state index < -0.39 is 0 Å². The van der Waals surface area contributed by atoms with Crippen LogP contribution in [0.3, 0.4) is 0 Å². The van der Waals surface area contributed by atoms with Crippen LogP contribution in [0.1, 0.15) is 28.0 Å². The average Bonchev–Trinajstić information content (AvgIpc) is 2.78. The van der Waals surface area contributed by atoms with E-state index in [2.05, 4.69) is 10.3 Å². The molecule has 0 saturated heterocycles. The molecular formula is C26H23N3O2S. The molecule has 1 N–H and O–H groups in total. The van der Waals surface area contributed by atoms with Gasteiger partial charge >= 0.3 is 0 Å². The second-order valence-electron chi connectivity index (χ2n) is 7.85. The summed E-state index contributed by atoms with van der Waals surface area (Å²) in [6, 6.07) is 18.6. The summed E-state index contributed by atoms with van der Waals surface area (Å²) in [7, 11) is 1.77. The number of carbonyl (C=O) groups excluding carboxylic acids is 1. The summed E-state index contributed by atoms with van der Waals surface area (Å²) in [6.07, 6.45) is 1.90. The number of Topliss-reactive ketones (excluding diaryl/α,β-unsaturated/α-hetero) is 1. The summed E-state index contributed by atoms with van der Waals surface area (Å²) in [5, 5.41) is 4.05. The predicted molar refractivity (Wildman–Crippen MR) is 134 cm³/mol. The second kappa shape index (κ2) is 8.85. The van der Waals surface area contributed by atoms with Crippen LogP contribution in [0.25, 0.3) is 22.0 Å². The SMILES string of the molecule is Cc1cc2c(cn1)cc(-c1cc(NC(=S)CC(=O)c3ccccc3)ccc1C)c(=O)n2C. The molecule has 0 bridgehead atoms. The van der Waals surface area contributed by atoms with Crippen molar-refractivity contribution < 1.29 is 4.79 Å².